The van der Waals surface area contributed by atoms with Crippen molar-refractivity contribution < 1.29 is 18.0 Å². The fourth-order valence-corrected chi connectivity index (χ4v) is 5.20. The molecule has 7 nitrogen and oxygen atoms in total. The quantitative estimate of drug-likeness (QED) is 0.413. The van der Waals surface area contributed by atoms with Crippen LogP contribution < -0.4 is 9.62 Å². The van der Waals surface area contributed by atoms with Crippen molar-refractivity contribution in [2.45, 2.75) is 19.0 Å². The van der Waals surface area contributed by atoms with Crippen LogP contribution in [0.25, 0.3) is 0 Å². The maximum absolute atomic E-state index is 13.8. The van der Waals surface area contributed by atoms with Crippen molar-refractivity contribution in [1.29, 1.82) is 0 Å². The number of hydrogen-bond donors (Lipinski definition) is 1. The Labute approximate surface area is 221 Å². The number of nitrogens with one attached hydrogen (secondary N) is 1. The lowest BCUT2D eigenvalue weighted by Crippen LogP contribution is -2.52. The average molecular weight is 548 g/mol. The molecule has 1 unspecified atom stereocenters. The summed E-state index contributed by atoms with van der Waals surface area (Å²) in [5.41, 5.74) is 1.78. The second-order valence-corrected chi connectivity index (χ2v) is 10.9. The van der Waals surface area contributed by atoms with E-state index in [-0.39, 0.29) is 29.6 Å². The van der Waals surface area contributed by atoms with Crippen LogP contribution >= 0.6 is 23.2 Å². The van der Waals surface area contributed by atoms with Crippen molar-refractivity contribution >= 4 is 50.7 Å². The third-order valence-corrected chi connectivity index (χ3v) is 7.24. The zero-order chi connectivity index (χ0) is 26.3. The van der Waals surface area contributed by atoms with E-state index < -0.39 is 28.5 Å². The molecule has 0 bridgehead atoms. The van der Waals surface area contributed by atoms with Gasteiger partial charge in [0, 0.05) is 25.0 Å². The second-order valence-electron chi connectivity index (χ2n) is 8.19. The van der Waals surface area contributed by atoms with Crippen LogP contribution in [0.3, 0.4) is 0 Å². The number of anilines is 1. The lowest BCUT2D eigenvalue weighted by atomic mass is 10.0. The Hall–Kier alpha value is -3.07. The number of nitrogens with zero attached hydrogens (tertiary/aromatic N) is 2. The number of carbonyl (C=O) groups excluding carboxylic acids is 2. The molecule has 190 valence electrons. The van der Waals surface area contributed by atoms with Crippen LogP contribution in [-0.2, 0) is 32.6 Å². The fraction of sp³-hybridized carbons (Fsp3) is 0.231. The number of carbonyl (C=O) groups is 2. The molecule has 0 aliphatic rings. The summed E-state index contributed by atoms with van der Waals surface area (Å²) in [6, 6.07) is 22.0. The molecular weight excluding hydrogens is 521 g/mol. The van der Waals surface area contributed by atoms with Crippen LogP contribution in [0.4, 0.5) is 5.69 Å². The maximum Gasteiger partial charge on any atom is 0.244 e. The number of benzene rings is 3. The standard InChI is InChI=1S/C26H27Cl2N3O4S/c1-29-26(33)24(15-19-9-5-3-6-10-19)30(17-20-11-7-4-8-12-20)25(32)18-31(36(2,34)35)23-14-13-21(27)16-22(23)28/h3-14,16,24H,15,17-18H2,1-2H3,(H,29,33). The van der Waals surface area contributed by atoms with Gasteiger partial charge in [0.15, 0.2) is 0 Å². The number of rotatable bonds is 10. The summed E-state index contributed by atoms with van der Waals surface area (Å²) in [7, 11) is -2.41. The van der Waals surface area contributed by atoms with Gasteiger partial charge >= 0.3 is 0 Å². The lowest BCUT2D eigenvalue weighted by molar-refractivity contribution is -0.139. The number of sulfonamides is 1. The van der Waals surface area contributed by atoms with E-state index in [2.05, 4.69) is 5.32 Å². The average Bonchev–Trinajstić information content (AvgIpc) is 2.85. The Morgan fingerprint density at radius 2 is 1.50 bits per heavy atom. The van der Waals surface area contributed by atoms with Gasteiger partial charge in [-0.15, -0.1) is 0 Å². The van der Waals surface area contributed by atoms with Crippen LogP contribution in [0.15, 0.2) is 78.9 Å². The first-order chi connectivity index (χ1) is 17.1. The highest BCUT2D eigenvalue weighted by molar-refractivity contribution is 7.92. The van der Waals surface area contributed by atoms with Gasteiger partial charge in [0.2, 0.25) is 21.8 Å². The topological polar surface area (TPSA) is 86.8 Å². The first-order valence-corrected chi connectivity index (χ1v) is 13.7. The predicted octanol–water partition coefficient (Wildman–Crippen LogP) is 4.15. The molecule has 0 saturated carbocycles. The normalized spacial score (nSPS) is 12.0. The van der Waals surface area contributed by atoms with E-state index in [0.29, 0.717) is 5.02 Å². The third-order valence-electron chi connectivity index (χ3n) is 5.57. The molecule has 10 heteroatoms. The summed E-state index contributed by atoms with van der Waals surface area (Å²) < 4.78 is 26.4. The van der Waals surface area contributed by atoms with Gasteiger partial charge in [-0.2, -0.15) is 0 Å². The summed E-state index contributed by atoms with van der Waals surface area (Å²) in [6.07, 6.45) is 1.24. The number of amides is 2. The zero-order valence-electron chi connectivity index (χ0n) is 19.9. The highest BCUT2D eigenvalue weighted by Crippen LogP contribution is 2.30. The van der Waals surface area contributed by atoms with E-state index in [0.717, 1.165) is 21.7 Å². The number of likely N-dealkylation sites (N-methyl/N-ethyl adjacent to an activating group) is 1. The molecule has 36 heavy (non-hydrogen) atoms. The summed E-state index contributed by atoms with van der Waals surface area (Å²) in [6.45, 7) is -0.439. The Bertz CT molecular complexity index is 1310. The summed E-state index contributed by atoms with van der Waals surface area (Å²) in [5, 5.41) is 3.05. The maximum atomic E-state index is 13.8. The molecule has 0 heterocycles. The van der Waals surface area contributed by atoms with E-state index in [4.69, 9.17) is 23.2 Å². The molecule has 1 atom stereocenters. The largest absolute Gasteiger partial charge is 0.357 e. The monoisotopic (exact) mass is 547 g/mol. The lowest BCUT2D eigenvalue weighted by Gasteiger charge is -2.33. The first-order valence-electron chi connectivity index (χ1n) is 11.1. The molecule has 1 N–H and O–H groups in total. The van der Waals surface area contributed by atoms with Gasteiger partial charge < -0.3 is 10.2 Å². The Balaban J connectivity index is 2.02. The first kappa shape index (κ1) is 27.5. The molecule has 0 radical (unpaired) electrons. The van der Waals surface area contributed by atoms with Crippen molar-refractivity contribution in [3.8, 4) is 0 Å². The minimum Gasteiger partial charge on any atom is -0.357 e. The van der Waals surface area contributed by atoms with Crippen LogP contribution in [0.2, 0.25) is 10.0 Å². The fourth-order valence-electron chi connectivity index (χ4n) is 3.78. The van der Waals surface area contributed by atoms with Gasteiger partial charge in [0.1, 0.15) is 12.6 Å². The predicted molar refractivity (Wildman–Crippen MR) is 144 cm³/mol. The zero-order valence-corrected chi connectivity index (χ0v) is 22.2. The Morgan fingerprint density at radius 3 is 2.03 bits per heavy atom. The van der Waals surface area contributed by atoms with Gasteiger partial charge in [0.05, 0.1) is 17.0 Å². The molecule has 2 amide bonds. The molecule has 3 rings (SSSR count). The molecule has 0 aliphatic heterocycles. The number of hydrogen-bond acceptors (Lipinski definition) is 4. The number of halogens is 2. The van der Waals surface area contributed by atoms with E-state index >= 15 is 0 Å². The van der Waals surface area contributed by atoms with Gasteiger partial charge in [-0.25, -0.2) is 8.42 Å². The van der Waals surface area contributed by atoms with Crippen LogP contribution in [0.5, 0.6) is 0 Å². The van der Waals surface area contributed by atoms with Gasteiger partial charge in [-0.1, -0.05) is 83.9 Å². The van der Waals surface area contributed by atoms with Gasteiger partial charge in [0.25, 0.3) is 0 Å². The van der Waals surface area contributed by atoms with Crippen LogP contribution in [0.1, 0.15) is 11.1 Å². The Morgan fingerprint density at radius 1 is 0.917 bits per heavy atom. The van der Waals surface area contributed by atoms with Crippen molar-refractivity contribution in [2.75, 3.05) is 24.2 Å². The van der Waals surface area contributed by atoms with Crippen molar-refractivity contribution in [2.24, 2.45) is 0 Å². The van der Waals surface area contributed by atoms with E-state index in [1.807, 2.05) is 60.7 Å². The van der Waals surface area contributed by atoms with E-state index in [1.54, 1.807) is 0 Å². The second kappa shape index (κ2) is 12.3. The van der Waals surface area contributed by atoms with Gasteiger partial charge in [-0.3, -0.25) is 13.9 Å². The third kappa shape index (κ3) is 7.22. The Kier molecular flexibility index (Phi) is 9.37. The molecular formula is C26H27Cl2N3O4S. The molecule has 0 spiro atoms. The van der Waals surface area contributed by atoms with Crippen LogP contribution in [-0.4, -0.2) is 51.0 Å². The minimum atomic E-state index is -3.91. The molecule has 0 aromatic heterocycles. The molecule has 3 aromatic rings. The van der Waals surface area contributed by atoms with Crippen molar-refractivity contribution in [3.05, 3.63) is 100 Å². The molecule has 3 aromatic carbocycles. The highest BCUT2D eigenvalue weighted by Gasteiger charge is 2.33. The van der Waals surface area contributed by atoms with E-state index in [1.165, 1.54) is 30.1 Å². The van der Waals surface area contributed by atoms with E-state index in [9.17, 15) is 18.0 Å². The smallest absolute Gasteiger partial charge is 0.244 e. The summed E-state index contributed by atoms with van der Waals surface area (Å²) in [5.74, 6) is -0.918. The minimum absolute atomic E-state index is 0.0856. The van der Waals surface area contributed by atoms with Gasteiger partial charge in [-0.05, 0) is 29.3 Å². The SMILES string of the molecule is CNC(=O)C(Cc1ccccc1)N(Cc1ccccc1)C(=O)CN(c1ccc(Cl)cc1Cl)S(C)(=O)=O. The van der Waals surface area contributed by atoms with Crippen LogP contribution in [0, 0.1) is 0 Å². The summed E-state index contributed by atoms with van der Waals surface area (Å²) >= 11 is 12.3. The van der Waals surface area contributed by atoms with Crippen molar-refractivity contribution in [3.63, 3.8) is 0 Å². The molecule has 0 fully saturated rings. The molecule has 0 aliphatic carbocycles. The van der Waals surface area contributed by atoms with Crippen molar-refractivity contribution in [1.82, 2.24) is 10.2 Å². The molecule has 0 saturated heterocycles. The summed E-state index contributed by atoms with van der Waals surface area (Å²) in [4.78, 5) is 28.2. The highest BCUT2D eigenvalue weighted by atomic mass is 35.5.